The standard InChI is InChI=1S/C14H19N3O/c1-9(2)17-14(13(15)11(4)16-17)18-12-8-6-5-7-10(12)3/h5-9H,15H2,1-4H3. The fourth-order valence-electron chi connectivity index (χ4n) is 1.77. The van der Waals surface area contributed by atoms with E-state index in [0.29, 0.717) is 11.6 Å². The first-order valence-corrected chi connectivity index (χ1v) is 6.08. The average Bonchev–Trinajstić information content (AvgIpc) is 2.60. The van der Waals surface area contributed by atoms with Gasteiger partial charge in [-0.2, -0.15) is 5.10 Å². The van der Waals surface area contributed by atoms with Gasteiger partial charge in [-0.3, -0.25) is 0 Å². The SMILES string of the molecule is Cc1ccccc1Oc1c(N)c(C)nn1C(C)C. The topological polar surface area (TPSA) is 53.1 Å². The molecule has 0 unspecified atom stereocenters. The molecule has 4 heteroatoms. The van der Waals surface area contributed by atoms with Crippen LogP contribution < -0.4 is 10.5 Å². The molecular formula is C14H19N3O. The van der Waals surface area contributed by atoms with E-state index in [2.05, 4.69) is 18.9 Å². The second kappa shape index (κ2) is 4.72. The van der Waals surface area contributed by atoms with E-state index in [9.17, 15) is 0 Å². The Morgan fingerprint density at radius 1 is 1.22 bits per heavy atom. The molecule has 0 atom stereocenters. The molecule has 0 bridgehead atoms. The minimum Gasteiger partial charge on any atom is -0.437 e. The highest BCUT2D eigenvalue weighted by atomic mass is 16.5. The van der Waals surface area contributed by atoms with E-state index in [1.54, 1.807) is 0 Å². The molecule has 0 amide bonds. The van der Waals surface area contributed by atoms with Crippen LogP contribution in [-0.4, -0.2) is 9.78 Å². The first-order valence-electron chi connectivity index (χ1n) is 6.08. The summed E-state index contributed by atoms with van der Waals surface area (Å²) in [6, 6.07) is 8.08. The molecule has 0 spiro atoms. The van der Waals surface area contributed by atoms with Crippen molar-refractivity contribution >= 4 is 5.69 Å². The van der Waals surface area contributed by atoms with Gasteiger partial charge in [-0.25, -0.2) is 4.68 Å². The zero-order valence-electron chi connectivity index (χ0n) is 11.3. The van der Waals surface area contributed by atoms with Gasteiger partial charge in [0.15, 0.2) is 0 Å². The van der Waals surface area contributed by atoms with Crippen molar-refractivity contribution in [3.05, 3.63) is 35.5 Å². The lowest BCUT2D eigenvalue weighted by atomic mass is 10.2. The van der Waals surface area contributed by atoms with Crippen molar-refractivity contribution < 1.29 is 4.74 Å². The number of ether oxygens (including phenoxy) is 1. The van der Waals surface area contributed by atoms with E-state index in [4.69, 9.17) is 10.5 Å². The minimum absolute atomic E-state index is 0.208. The smallest absolute Gasteiger partial charge is 0.241 e. The van der Waals surface area contributed by atoms with Crippen molar-refractivity contribution in [1.29, 1.82) is 0 Å². The second-order valence-electron chi connectivity index (χ2n) is 4.71. The average molecular weight is 245 g/mol. The molecule has 1 aromatic heterocycles. The molecule has 1 heterocycles. The molecule has 2 aromatic rings. The van der Waals surface area contributed by atoms with Gasteiger partial charge in [-0.05, 0) is 39.3 Å². The highest BCUT2D eigenvalue weighted by molar-refractivity contribution is 5.54. The summed E-state index contributed by atoms with van der Waals surface area (Å²) in [4.78, 5) is 0. The van der Waals surface area contributed by atoms with Crippen molar-refractivity contribution in [2.24, 2.45) is 0 Å². The van der Waals surface area contributed by atoms with Gasteiger partial charge >= 0.3 is 0 Å². The predicted octanol–water partition coefficient (Wildman–Crippen LogP) is 3.46. The summed E-state index contributed by atoms with van der Waals surface area (Å²) in [5.74, 6) is 1.43. The minimum atomic E-state index is 0.208. The van der Waals surface area contributed by atoms with Crippen LogP contribution in [0.15, 0.2) is 24.3 Å². The molecule has 0 fully saturated rings. The summed E-state index contributed by atoms with van der Waals surface area (Å²) in [5, 5.41) is 4.40. The van der Waals surface area contributed by atoms with E-state index < -0.39 is 0 Å². The monoisotopic (exact) mass is 245 g/mol. The number of rotatable bonds is 3. The van der Waals surface area contributed by atoms with Crippen molar-refractivity contribution in [3.63, 3.8) is 0 Å². The highest BCUT2D eigenvalue weighted by Crippen LogP contribution is 2.33. The molecule has 1 aromatic carbocycles. The van der Waals surface area contributed by atoms with Gasteiger partial charge in [0, 0.05) is 0 Å². The molecule has 96 valence electrons. The van der Waals surface area contributed by atoms with Crippen molar-refractivity contribution in [2.45, 2.75) is 33.7 Å². The number of anilines is 1. The Hall–Kier alpha value is -1.97. The third-order valence-corrected chi connectivity index (χ3v) is 2.88. The number of hydrogen-bond acceptors (Lipinski definition) is 3. The second-order valence-corrected chi connectivity index (χ2v) is 4.71. The molecule has 0 aliphatic rings. The molecule has 0 aliphatic heterocycles. The highest BCUT2D eigenvalue weighted by Gasteiger charge is 2.17. The Balaban J connectivity index is 2.43. The lowest BCUT2D eigenvalue weighted by Crippen LogP contribution is -2.06. The van der Waals surface area contributed by atoms with Crippen LogP contribution in [0.5, 0.6) is 11.6 Å². The molecule has 2 N–H and O–H groups in total. The van der Waals surface area contributed by atoms with Gasteiger partial charge in [0.1, 0.15) is 11.4 Å². The number of aromatic nitrogens is 2. The van der Waals surface area contributed by atoms with Crippen molar-refractivity contribution in [1.82, 2.24) is 9.78 Å². The number of benzene rings is 1. The van der Waals surface area contributed by atoms with Crippen LogP contribution in [0, 0.1) is 13.8 Å². The van der Waals surface area contributed by atoms with Crippen LogP contribution in [-0.2, 0) is 0 Å². The van der Waals surface area contributed by atoms with E-state index in [1.807, 2.05) is 42.8 Å². The first-order chi connectivity index (χ1) is 8.50. The third kappa shape index (κ3) is 2.18. The number of para-hydroxylation sites is 1. The van der Waals surface area contributed by atoms with Crippen molar-refractivity contribution in [3.8, 4) is 11.6 Å². The van der Waals surface area contributed by atoms with Gasteiger partial charge in [-0.1, -0.05) is 18.2 Å². The molecule has 4 nitrogen and oxygen atoms in total. The Morgan fingerprint density at radius 3 is 2.50 bits per heavy atom. The van der Waals surface area contributed by atoms with E-state index in [1.165, 1.54) is 0 Å². The molecule has 18 heavy (non-hydrogen) atoms. The van der Waals surface area contributed by atoms with Crippen LogP contribution >= 0.6 is 0 Å². The normalized spacial score (nSPS) is 10.9. The quantitative estimate of drug-likeness (QED) is 0.901. The molecule has 0 aliphatic carbocycles. The number of nitrogen functional groups attached to an aromatic ring is 1. The number of aryl methyl sites for hydroxylation is 2. The Morgan fingerprint density at radius 2 is 1.89 bits per heavy atom. The van der Waals surface area contributed by atoms with E-state index >= 15 is 0 Å². The van der Waals surface area contributed by atoms with Gasteiger partial charge in [0.25, 0.3) is 0 Å². The molecule has 2 rings (SSSR count). The predicted molar refractivity (Wildman–Crippen MR) is 73.0 cm³/mol. The van der Waals surface area contributed by atoms with Gasteiger partial charge in [-0.15, -0.1) is 0 Å². The number of nitrogens with zero attached hydrogens (tertiary/aromatic N) is 2. The third-order valence-electron chi connectivity index (χ3n) is 2.88. The largest absolute Gasteiger partial charge is 0.437 e. The Kier molecular flexibility index (Phi) is 3.28. The lowest BCUT2D eigenvalue weighted by molar-refractivity contribution is 0.388. The van der Waals surface area contributed by atoms with E-state index in [0.717, 1.165) is 17.0 Å². The van der Waals surface area contributed by atoms with Crippen LogP contribution in [0.25, 0.3) is 0 Å². The zero-order valence-corrected chi connectivity index (χ0v) is 11.3. The summed E-state index contributed by atoms with van der Waals surface area (Å²) in [7, 11) is 0. The van der Waals surface area contributed by atoms with Crippen LogP contribution in [0.2, 0.25) is 0 Å². The molecule has 0 radical (unpaired) electrons. The fraction of sp³-hybridized carbons (Fsp3) is 0.357. The summed E-state index contributed by atoms with van der Waals surface area (Å²) >= 11 is 0. The Bertz CT molecular complexity index is 558. The maximum Gasteiger partial charge on any atom is 0.241 e. The molecule has 0 saturated carbocycles. The maximum absolute atomic E-state index is 6.03. The maximum atomic E-state index is 6.03. The van der Waals surface area contributed by atoms with Crippen molar-refractivity contribution in [2.75, 3.05) is 5.73 Å². The molecule has 0 saturated heterocycles. The van der Waals surface area contributed by atoms with Crippen LogP contribution in [0.3, 0.4) is 0 Å². The number of nitrogens with two attached hydrogens (primary N) is 1. The summed E-state index contributed by atoms with van der Waals surface area (Å²) in [6.45, 7) is 8.00. The van der Waals surface area contributed by atoms with E-state index in [-0.39, 0.29) is 6.04 Å². The molecular weight excluding hydrogens is 226 g/mol. The van der Waals surface area contributed by atoms with Crippen LogP contribution in [0.1, 0.15) is 31.1 Å². The zero-order chi connectivity index (χ0) is 13.3. The Labute approximate surface area is 107 Å². The van der Waals surface area contributed by atoms with Crippen LogP contribution in [0.4, 0.5) is 5.69 Å². The fourth-order valence-corrected chi connectivity index (χ4v) is 1.77. The number of hydrogen-bond donors (Lipinski definition) is 1. The summed E-state index contributed by atoms with van der Waals surface area (Å²) in [5.41, 5.74) is 8.51. The van der Waals surface area contributed by atoms with Gasteiger partial charge < -0.3 is 10.5 Å². The lowest BCUT2D eigenvalue weighted by Gasteiger charge is -2.13. The van der Waals surface area contributed by atoms with Gasteiger partial charge in [0.05, 0.1) is 11.7 Å². The first kappa shape index (κ1) is 12.5. The summed E-state index contributed by atoms with van der Waals surface area (Å²) in [6.07, 6.45) is 0. The summed E-state index contributed by atoms with van der Waals surface area (Å²) < 4.78 is 7.75. The van der Waals surface area contributed by atoms with Gasteiger partial charge in [0.2, 0.25) is 5.88 Å².